The Kier molecular flexibility index (Phi) is 9.84. The quantitative estimate of drug-likeness (QED) is 0.194. The van der Waals surface area contributed by atoms with Crippen molar-refractivity contribution in [1.29, 1.82) is 0 Å². The molecule has 43 heavy (non-hydrogen) atoms. The molecule has 0 amide bonds. The van der Waals surface area contributed by atoms with Gasteiger partial charge in [0.15, 0.2) is 0 Å². The fraction of sp³-hybridized carbons (Fsp3) is 0.400. The van der Waals surface area contributed by atoms with E-state index in [4.69, 9.17) is 4.86 Å². The molecule has 4 aromatic rings. The molecule has 0 aliphatic carbocycles. The van der Waals surface area contributed by atoms with Gasteiger partial charge in [-0.2, -0.15) is 4.86 Å². The Morgan fingerprint density at radius 2 is 0.465 bits per heavy atom. The molecule has 0 bridgehead atoms. The lowest BCUT2D eigenvalue weighted by molar-refractivity contribution is 0.590. The van der Waals surface area contributed by atoms with Crippen molar-refractivity contribution >= 4 is 37.4 Å². The van der Waals surface area contributed by atoms with Crippen LogP contribution in [0.25, 0.3) is 0 Å². The highest BCUT2D eigenvalue weighted by molar-refractivity contribution is 7.85. The van der Waals surface area contributed by atoms with Crippen LogP contribution in [0.3, 0.4) is 0 Å². The van der Waals surface area contributed by atoms with Crippen LogP contribution < -0.4 is 26.1 Å². The molecule has 227 valence electrons. The van der Waals surface area contributed by atoms with E-state index in [0.29, 0.717) is 0 Å². The molecule has 0 atom stereocenters. The lowest BCUT2D eigenvalue weighted by Crippen LogP contribution is -2.25. The van der Waals surface area contributed by atoms with Crippen LogP contribution >= 0.6 is 16.1 Å². The van der Waals surface area contributed by atoms with Crippen molar-refractivity contribution in [2.75, 3.05) is 0 Å². The van der Waals surface area contributed by atoms with Crippen LogP contribution in [0.2, 0.25) is 0 Å². The first-order chi connectivity index (χ1) is 19.8. The van der Waals surface area contributed by atoms with Gasteiger partial charge in [0.25, 0.3) is 0 Å². The molecule has 0 unspecified atom stereocenters. The predicted molar refractivity (Wildman–Crippen MR) is 195 cm³/mol. The van der Waals surface area contributed by atoms with Crippen molar-refractivity contribution in [1.82, 2.24) is 4.86 Å². The van der Waals surface area contributed by atoms with Gasteiger partial charge in [-0.05, 0) is 65.1 Å². The second-order valence-electron chi connectivity index (χ2n) is 15.9. The predicted octanol–water partition coefficient (Wildman–Crippen LogP) is 9.88. The molecule has 1 radical (unpaired) electrons. The van der Waals surface area contributed by atoms with E-state index in [1.54, 1.807) is 0 Å². The summed E-state index contributed by atoms with van der Waals surface area (Å²) in [6.07, 6.45) is 0. The summed E-state index contributed by atoms with van der Waals surface area (Å²) in [5.74, 6) is 0. The van der Waals surface area contributed by atoms with E-state index in [-0.39, 0.29) is 21.7 Å². The third kappa shape index (κ3) is 8.45. The van der Waals surface area contributed by atoms with E-state index in [9.17, 15) is 0 Å². The monoisotopic (exact) mass is 608 g/mol. The van der Waals surface area contributed by atoms with Crippen molar-refractivity contribution in [2.24, 2.45) is 0 Å². The van der Waals surface area contributed by atoms with Gasteiger partial charge in [0.2, 0.25) is 0 Å². The largest absolute Gasteiger partial charge is 0.173 e. The Bertz CT molecular complexity index is 1240. The first kappa shape index (κ1) is 33.6. The van der Waals surface area contributed by atoms with Crippen molar-refractivity contribution < 1.29 is 0 Å². The molecule has 0 aromatic heterocycles. The molecule has 0 heterocycles. The lowest BCUT2D eigenvalue weighted by Gasteiger charge is -2.28. The second-order valence-corrected chi connectivity index (χ2v) is 19.9. The molecule has 0 spiro atoms. The van der Waals surface area contributed by atoms with Crippen molar-refractivity contribution in [2.45, 2.75) is 105 Å². The first-order valence-corrected chi connectivity index (χ1v) is 18.2. The van der Waals surface area contributed by atoms with Gasteiger partial charge in [0, 0.05) is 16.1 Å². The zero-order chi connectivity index (χ0) is 31.8. The summed E-state index contributed by atoms with van der Waals surface area (Å²) in [6.45, 7) is 27.4. The summed E-state index contributed by atoms with van der Waals surface area (Å²) in [5.41, 5.74) is 5.87. The Balaban J connectivity index is 1.84. The Hall–Kier alpha value is -2.30. The number of rotatable bonds is 6. The Morgan fingerprint density at radius 3 is 0.605 bits per heavy atom. The molecule has 0 aliphatic rings. The summed E-state index contributed by atoms with van der Waals surface area (Å²) in [5, 5.41) is 5.21. The SMILES string of the molecule is CC(C)(C)c1ccc(P([N]P(c2ccc(C(C)(C)C)cc2)c2ccc(C(C)(C)C)cc2)c2ccc(C(C)(C)C)cc2)cc1. The van der Waals surface area contributed by atoms with Crippen LogP contribution in [0.4, 0.5) is 0 Å². The van der Waals surface area contributed by atoms with Gasteiger partial charge < -0.3 is 0 Å². The minimum absolute atomic E-state index is 0.114. The van der Waals surface area contributed by atoms with Crippen molar-refractivity contribution in [3.05, 3.63) is 119 Å². The van der Waals surface area contributed by atoms with Gasteiger partial charge in [-0.15, -0.1) is 0 Å². The maximum Gasteiger partial charge on any atom is 0.0497 e. The summed E-state index contributed by atoms with van der Waals surface area (Å²) >= 11 is 0. The highest BCUT2D eigenvalue weighted by Gasteiger charge is 2.26. The van der Waals surface area contributed by atoms with Crippen molar-refractivity contribution in [3.8, 4) is 0 Å². The maximum atomic E-state index is 5.85. The van der Waals surface area contributed by atoms with E-state index >= 15 is 0 Å². The van der Waals surface area contributed by atoms with Crippen LogP contribution in [0, 0.1) is 0 Å². The average molecular weight is 609 g/mol. The van der Waals surface area contributed by atoms with Gasteiger partial charge in [-0.1, -0.05) is 180 Å². The molecule has 4 aromatic carbocycles. The molecular weight excluding hydrogens is 556 g/mol. The van der Waals surface area contributed by atoms with Crippen LogP contribution in [-0.4, -0.2) is 0 Å². The zero-order valence-electron chi connectivity index (χ0n) is 28.6. The van der Waals surface area contributed by atoms with E-state index in [1.165, 1.54) is 43.5 Å². The highest BCUT2D eigenvalue weighted by Crippen LogP contribution is 2.46. The van der Waals surface area contributed by atoms with E-state index in [2.05, 4.69) is 180 Å². The van der Waals surface area contributed by atoms with Crippen LogP contribution in [0.1, 0.15) is 105 Å². The lowest BCUT2D eigenvalue weighted by atomic mass is 9.87. The van der Waals surface area contributed by atoms with Gasteiger partial charge >= 0.3 is 0 Å². The van der Waals surface area contributed by atoms with Crippen LogP contribution in [-0.2, 0) is 21.7 Å². The molecule has 0 fully saturated rings. The topological polar surface area (TPSA) is 14.1 Å². The summed E-state index contributed by atoms with van der Waals surface area (Å²) in [4.78, 5) is 5.85. The minimum Gasteiger partial charge on any atom is -0.173 e. The number of hydrogen-bond acceptors (Lipinski definition) is 0. The minimum atomic E-state index is -0.941. The van der Waals surface area contributed by atoms with Gasteiger partial charge in [0.05, 0.1) is 0 Å². The molecule has 3 heteroatoms. The average Bonchev–Trinajstić information content (AvgIpc) is 2.92. The van der Waals surface area contributed by atoms with Gasteiger partial charge in [-0.3, -0.25) is 0 Å². The fourth-order valence-electron chi connectivity index (χ4n) is 5.00. The maximum absolute atomic E-state index is 5.85. The standard InChI is InChI=1S/C40H52NP2/c1-37(2,3)29-13-21-33(22-14-29)42(34-23-15-30(16-24-34)38(4,5)6)41-43(35-25-17-31(18-26-35)39(7,8)9)36-27-19-32(20-28-36)40(10,11)12/h13-28H,1-12H3. The highest BCUT2D eigenvalue weighted by atomic mass is 31.2. The van der Waals surface area contributed by atoms with Crippen LogP contribution in [0.15, 0.2) is 97.1 Å². The summed E-state index contributed by atoms with van der Waals surface area (Å²) in [6, 6.07) is 37.1. The first-order valence-electron chi connectivity index (χ1n) is 15.6. The van der Waals surface area contributed by atoms with Crippen LogP contribution in [0.5, 0.6) is 0 Å². The van der Waals surface area contributed by atoms with Gasteiger partial charge in [-0.25, -0.2) is 0 Å². The fourth-order valence-corrected chi connectivity index (χ4v) is 9.69. The van der Waals surface area contributed by atoms with Gasteiger partial charge in [0.1, 0.15) is 0 Å². The smallest absolute Gasteiger partial charge is 0.0497 e. The number of hydrogen-bond donors (Lipinski definition) is 0. The Labute approximate surface area is 265 Å². The van der Waals surface area contributed by atoms with E-state index in [0.717, 1.165) is 0 Å². The molecule has 1 nitrogen and oxygen atoms in total. The molecule has 0 N–H and O–H groups in total. The summed E-state index contributed by atoms with van der Waals surface area (Å²) in [7, 11) is -1.88. The Morgan fingerprint density at radius 1 is 0.302 bits per heavy atom. The third-order valence-electron chi connectivity index (χ3n) is 8.09. The molecule has 0 saturated carbocycles. The van der Waals surface area contributed by atoms with E-state index < -0.39 is 16.1 Å². The molecular formula is C40H52NP2. The normalized spacial score (nSPS) is 13.2. The molecule has 0 saturated heterocycles. The molecule has 0 aliphatic heterocycles. The van der Waals surface area contributed by atoms with E-state index in [1.807, 2.05) is 0 Å². The van der Waals surface area contributed by atoms with Crippen molar-refractivity contribution in [3.63, 3.8) is 0 Å². The second kappa shape index (κ2) is 12.6. The number of nitrogens with zero attached hydrogens (tertiary/aromatic N) is 1. The zero-order valence-corrected chi connectivity index (χ0v) is 30.4. The molecule has 4 rings (SSSR count). The number of benzene rings is 4. The third-order valence-corrected chi connectivity index (χ3v) is 12.7. The summed E-state index contributed by atoms with van der Waals surface area (Å²) < 4.78 is 0.